The molecule has 1 saturated heterocycles. The first-order valence-corrected chi connectivity index (χ1v) is 10.4. The third-order valence-electron chi connectivity index (χ3n) is 5.88. The SMILES string of the molecule is COc1cc(-c2cnc3cc(C(C)(C)C#N)ccn23)cc(OC(F)F)c1C(=O)N1CC(C#N)C1. The fraction of sp³-hybridized carbons (Fsp3) is 0.333. The van der Waals surface area contributed by atoms with E-state index in [1.807, 2.05) is 0 Å². The maximum absolute atomic E-state index is 13.3. The number of rotatable bonds is 6. The van der Waals surface area contributed by atoms with Gasteiger partial charge in [-0.25, -0.2) is 4.98 Å². The molecule has 0 N–H and O–H groups in total. The van der Waals surface area contributed by atoms with E-state index in [-0.39, 0.29) is 36.1 Å². The number of nitrogens with zero attached hydrogens (tertiary/aromatic N) is 5. The molecular formula is C24H21F2N5O3. The number of hydrogen-bond donors (Lipinski definition) is 0. The minimum atomic E-state index is -3.16. The number of likely N-dealkylation sites (tertiary alicyclic amines) is 1. The van der Waals surface area contributed by atoms with E-state index in [2.05, 4.69) is 17.1 Å². The number of benzene rings is 1. The van der Waals surface area contributed by atoms with E-state index in [0.29, 0.717) is 16.9 Å². The molecular weight excluding hydrogens is 444 g/mol. The van der Waals surface area contributed by atoms with Crippen molar-refractivity contribution in [2.24, 2.45) is 5.92 Å². The summed E-state index contributed by atoms with van der Waals surface area (Å²) in [5.41, 5.74) is 1.51. The van der Waals surface area contributed by atoms with Crippen molar-refractivity contribution in [3.05, 3.63) is 47.8 Å². The van der Waals surface area contributed by atoms with E-state index in [1.165, 1.54) is 18.1 Å². The Morgan fingerprint density at radius 2 is 1.94 bits per heavy atom. The summed E-state index contributed by atoms with van der Waals surface area (Å²) in [4.78, 5) is 18.8. The highest BCUT2D eigenvalue weighted by molar-refractivity contribution is 6.01. The molecule has 8 nitrogen and oxygen atoms in total. The largest absolute Gasteiger partial charge is 0.496 e. The minimum absolute atomic E-state index is 0.0655. The van der Waals surface area contributed by atoms with Gasteiger partial charge in [0.05, 0.1) is 42.5 Å². The highest BCUT2D eigenvalue weighted by Gasteiger charge is 2.35. The Labute approximate surface area is 194 Å². The normalized spacial score (nSPS) is 13.9. The number of aromatic nitrogens is 2. The van der Waals surface area contributed by atoms with Crippen LogP contribution in [-0.4, -0.2) is 47.0 Å². The molecule has 3 aromatic rings. The number of pyridine rings is 1. The standard InChI is InChI=1S/C24H21F2N5O3/c1-24(2,13-28)16-4-5-31-17(10-29-20(31)8-16)15-6-18(33-3)21(19(7-15)34-23(25)26)22(32)30-11-14(9-27)12-30/h4-8,10,14,23H,11-12H2,1-3H3. The molecule has 0 radical (unpaired) electrons. The monoisotopic (exact) mass is 465 g/mol. The maximum Gasteiger partial charge on any atom is 0.387 e. The predicted molar refractivity (Wildman–Crippen MR) is 117 cm³/mol. The predicted octanol–water partition coefficient (Wildman–Crippen LogP) is 4.01. The molecule has 1 aromatic carbocycles. The quantitative estimate of drug-likeness (QED) is 0.545. The van der Waals surface area contributed by atoms with Crippen LogP contribution in [0, 0.1) is 28.6 Å². The Morgan fingerprint density at radius 3 is 2.56 bits per heavy atom. The first-order chi connectivity index (χ1) is 16.2. The number of hydrogen-bond acceptors (Lipinski definition) is 6. The molecule has 0 spiro atoms. The van der Waals surface area contributed by atoms with Gasteiger partial charge >= 0.3 is 6.61 Å². The van der Waals surface area contributed by atoms with Crippen LogP contribution in [0.25, 0.3) is 16.9 Å². The lowest BCUT2D eigenvalue weighted by Gasteiger charge is -2.35. The number of amides is 1. The lowest BCUT2D eigenvalue weighted by molar-refractivity contribution is -0.0504. The fourth-order valence-corrected chi connectivity index (χ4v) is 3.83. The zero-order valence-electron chi connectivity index (χ0n) is 18.7. The van der Waals surface area contributed by atoms with Gasteiger partial charge in [0, 0.05) is 24.8 Å². The van der Waals surface area contributed by atoms with Crippen LogP contribution in [0.2, 0.25) is 0 Å². The number of imidazole rings is 1. The lowest BCUT2D eigenvalue weighted by atomic mass is 9.87. The fourth-order valence-electron chi connectivity index (χ4n) is 3.83. The maximum atomic E-state index is 13.3. The summed E-state index contributed by atoms with van der Waals surface area (Å²) in [6.07, 6.45) is 3.31. The second kappa shape index (κ2) is 8.64. The van der Waals surface area contributed by atoms with Crippen molar-refractivity contribution in [2.45, 2.75) is 25.9 Å². The van der Waals surface area contributed by atoms with Crippen LogP contribution in [-0.2, 0) is 5.41 Å². The molecule has 174 valence electrons. The smallest absolute Gasteiger partial charge is 0.387 e. The van der Waals surface area contributed by atoms with Gasteiger partial charge in [-0.15, -0.1) is 0 Å². The van der Waals surface area contributed by atoms with E-state index in [0.717, 1.165) is 5.56 Å². The minimum Gasteiger partial charge on any atom is -0.496 e. The van der Waals surface area contributed by atoms with Crippen LogP contribution in [0.4, 0.5) is 8.78 Å². The first kappa shape index (κ1) is 23.0. The molecule has 2 aromatic heterocycles. The zero-order valence-corrected chi connectivity index (χ0v) is 18.7. The van der Waals surface area contributed by atoms with E-state index in [1.54, 1.807) is 48.8 Å². The number of nitriles is 2. The third-order valence-corrected chi connectivity index (χ3v) is 5.88. The van der Waals surface area contributed by atoms with Gasteiger partial charge in [0.15, 0.2) is 0 Å². The van der Waals surface area contributed by atoms with Crippen molar-refractivity contribution in [1.82, 2.24) is 14.3 Å². The Balaban J connectivity index is 1.80. The average Bonchev–Trinajstić information content (AvgIpc) is 3.20. The summed E-state index contributed by atoms with van der Waals surface area (Å²) >= 11 is 0. The van der Waals surface area contributed by atoms with Crippen LogP contribution < -0.4 is 9.47 Å². The van der Waals surface area contributed by atoms with E-state index in [4.69, 9.17) is 14.7 Å². The summed E-state index contributed by atoms with van der Waals surface area (Å²) in [6, 6.07) is 10.8. The van der Waals surface area contributed by atoms with E-state index < -0.39 is 17.9 Å². The molecule has 0 aliphatic carbocycles. The molecule has 4 rings (SSSR count). The van der Waals surface area contributed by atoms with Crippen LogP contribution >= 0.6 is 0 Å². The van der Waals surface area contributed by atoms with Crippen LogP contribution in [0.15, 0.2) is 36.7 Å². The van der Waals surface area contributed by atoms with E-state index >= 15 is 0 Å². The highest BCUT2D eigenvalue weighted by Crippen LogP contribution is 2.38. The van der Waals surface area contributed by atoms with Gasteiger partial charge in [-0.05, 0) is 43.7 Å². The number of halogens is 2. The molecule has 1 aliphatic rings. The van der Waals surface area contributed by atoms with Crippen LogP contribution in [0.1, 0.15) is 29.8 Å². The lowest BCUT2D eigenvalue weighted by Crippen LogP contribution is -2.49. The van der Waals surface area contributed by atoms with Gasteiger partial charge in [0.2, 0.25) is 0 Å². The molecule has 10 heteroatoms. The van der Waals surface area contributed by atoms with Crippen molar-refractivity contribution in [3.8, 4) is 34.9 Å². The van der Waals surface area contributed by atoms with Gasteiger partial charge in [-0.2, -0.15) is 19.3 Å². The van der Waals surface area contributed by atoms with Crippen LogP contribution in [0.3, 0.4) is 0 Å². The molecule has 0 atom stereocenters. The van der Waals surface area contributed by atoms with Crippen molar-refractivity contribution >= 4 is 11.6 Å². The number of carbonyl (C=O) groups is 1. The summed E-state index contributed by atoms with van der Waals surface area (Å²) in [5, 5.41) is 18.4. The molecule has 3 heterocycles. The van der Waals surface area contributed by atoms with Crippen molar-refractivity contribution in [1.29, 1.82) is 10.5 Å². The first-order valence-electron chi connectivity index (χ1n) is 10.4. The molecule has 1 amide bonds. The Hall–Kier alpha value is -4.18. The summed E-state index contributed by atoms with van der Waals surface area (Å²) < 4.78 is 38.4. The van der Waals surface area contributed by atoms with Gasteiger partial charge < -0.3 is 14.4 Å². The van der Waals surface area contributed by atoms with Gasteiger partial charge in [-0.3, -0.25) is 9.20 Å². The van der Waals surface area contributed by atoms with Crippen molar-refractivity contribution in [2.75, 3.05) is 20.2 Å². The topological polar surface area (TPSA) is 104 Å². The second-order valence-corrected chi connectivity index (χ2v) is 8.49. The number of ether oxygens (including phenoxy) is 2. The van der Waals surface area contributed by atoms with Gasteiger partial charge in [0.1, 0.15) is 22.7 Å². The van der Waals surface area contributed by atoms with E-state index in [9.17, 15) is 18.8 Å². The van der Waals surface area contributed by atoms with Crippen molar-refractivity contribution < 1.29 is 23.0 Å². The molecule has 0 unspecified atom stereocenters. The number of carbonyl (C=O) groups excluding carboxylic acids is 1. The molecule has 0 bridgehead atoms. The molecule has 34 heavy (non-hydrogen) atoms. The van der Waals surface area contributed by atoms with Crippen molar-refractivity contribution in [3.63, 3.8) is 0 Å². The second-order valence-electron chi connectivity index (χ2n) is 8.49. The van der Waals surface area contributed by atoms with Gasteiger partial charge in [0.25, 0.3) is 5.91 Å². The molecule has 0 saturated carbocycles. The number of fused-ring (bicyclic) bond motifs is 1. The zero-order chi connectivity index (χ0) is 24.6. The van der Waals surface area contributed by atoms with Gasteiger partial charge in [-0.1, -0.05) is 0 Å². The Bertz CT molecular complexity index is 1350. The number of alkyl halides is 2. The van der Waals surface area contributed by atoms with Crippen LogP contribution in [0.5, 0.6) is 11.5 Å². The average molecular weight is 465 g/mol. The Kier molecular flexibility index (Phi) is 5.84. The summed E-state index contributed by atoms with van der Waals surface area (Å²) in [6.45, 7) is 0.863. The molecule has 1 fully saturated rings. The third kappa shape index (κ3) is 3.99. The highest BCUT2D eigenvalue weighted by atomic mass is 19.3. The summed E-state index contributed by atoms with van der Waals surface area (Å²) in [5.74, 6) is -1.10. The number of methoxy groups -OCH3 is 1. The summed E-state index contributed by atoms with van der Waals surface area (Å²) in [7, 11) is 1.33. The molecule has 1 aliphatic heterocycles. The Morgan fingerprint density at radius 1 is 1.24 bits per heavy atom.